The number of ether oxygens (including phenoxy) is 2. The van der Waals surface area contributed by atoms with Crippen LogP contribution < -0.4 is 10.2 Å². The Labute approximate surface area is 138 Å². The maximum atomic E-state index is 12.5. The van der Waals surface area contributed by atoms with Gasteiger partial charge in [-0.1, -0.05) is 36.4 Å². The summed E-state index contributed by atoms with van der Waals surface area (Å²) in [5.74, 6) is -0.0693. The molecule has 0 saturated carbocycles. The smallest absolute Gasteiger partial charge is 0.343 e. The molecule has 0 atom stereocenters. The molecule has 0 amide bonds. The molecule has 3 rings (SSSR count). The maximum Gasteiger partial charge on any atom is 0.343 e. The van der Waals surface area contributed by atoms with Gasteiger partial charge in [-0.2, -0.15) is 0 Å². The fourth-order valence-corrected chi connectivity index (χ4v) is 2.44. The minimum atomic E-state index is -0.628. The Balaban J connectivity index is 1.94. The average molecular weight is 323 g/mol. The third kappa shape index (κ3) is 3.15. The number of fused-ring (bicyclic) bond motifs is 1. The fourth-order valence-electron chi connectivity index (χ4n) is 2.44. The Morgan fingerprint density at radius 3 is 2.62 bits per heavy atom. The lowest BCUT2D eigenvalue weighted by Crippen LogP contribution is -2.18. The largest absolute Gasteiger partial charge is 0.487 e. The number of pyridine rings is 1. The van der Waals surface area contributed by atoms with Crippen LogP contribution in [0.3, 0.4) is 0 Å². The molecule has 3 aromatic rings. The maximum absolute atomic E-state index is 12.5. The number of aromatic amines is 1. The first-order valence-corrected chi connectivity index (χ1v) is 7.69. The number of H-pyrrole nitrogens is 1. The number of hydrogen-bond acceptors (Lipinski definition) is 4. The second-order valence-corrected chi connectivity index (χ2v) is 5.20. The molecule has 0 radical (unpaired) electrons. The molecule has 0 aliphatic carbocycles. The van der Waals surface area contributed by atoms with Crippen molar-refractivity contribution in [3.8, 4) is 5.75 Å². The van der Waals surface area contributed by atoms with Crippen LogP contribution in [0, 0.1) is 0 Å². The summed E-state index contributed by atoms with van der Waals surface area (Å²) >= 11 is 0. The quantitative estimate of drug-likeness (QED) is 0.732. The predicted molar refractivity (Wildman–Crippen MR) is 91.3 cm³/mol. The number of para-hydroxylation sites is 1. The van der Waals surface area contributed by atoms with Gasteiger partial charge in [-0.05, 0) is 24.6 Å². The molecular weight excluding hydrogens is 306 g/mol. The molecule has 1 heterocycles. The molecule has 0 aliphatic heterocycles. The zero-order chi connectivity index (χ0) is 16.9. The van der Waals surface area contributed by atoms with E-state index in [4.69, 9.17) is 9.47 Å². The number of nitrogens with one attached hydrogen (secondary N) is 1. The Morgan fingerprint density at radius 1 is 1.08 bits per heavy atom. The number of esters is 1. The molecule has 5 heteroatoms. The Morgan fingerprint density at radius 2 is 1.88 bits per heavy atom. The van der Waals surface area contributed by atoms with Gasteiger partial charge in [0.05, 0.1) is 17.5 Å². The van der Waals surface area contributed by atoms with Crippen molar-refractivity contribution in [1.82, 2.24) is 4.98 Å². The van der Waals surface area contributed by atoms with Gasteiger partial charge in [0.1, 0.15) is 17.9 Å². The molecule has 0 saturated heterocycles. The van der Waals surface area contributed by atoms with E-state index in [1.165, 1.54) is 6.20 Å². The molecule has 1 aromatic heterocycles. The van der Waals surface area contributed by atoms with Gasteiger partial charge in [0.2, 0.25) is 5.43 Å². The molecular formula is C19H17NO4. The highest BCUT2D eigenvalue weighted by Crippen LogP contribution is 2.22. The van der Waals surface area contributed by atoms with E-state index >= 15 is 0 Å². The van der Waals surface area contributed by atoms with Crippen LogP contribution in [-0.4, -0.2) is 17.6 Å². The Hall–Kier alpha value is -3.08. The van der Waals surface area contributed by atoms with Crippen molar-refractivity contribution in [2.24, 2.45) is 0 Å². The predicted octanol–water partition coefficient (Wildman–Crippen LogP) is 3.28. The van der Waals surface area contributed by atoms with Crippen LogP contribution in [0.25, 0.3) is 10.9 Å². The summed E-state index contributed by atoms with van der Waals surface area (Å²) in [6.45, 7) is 2.31. The van der Waals surface area contributed by atoms with Gasteiger partial charge in [0.15, 0.2) is 0 Å². The lowest BCUT2D eigenvalue weighted by atomic mass is 10.1. The van der Waals surface area contributed by atoms with E-state index in [0.717, 1.165) is 5.56 Å². The van der Waals surface area contributed by atoms with E-state index in [0.29, 0.717) is 23.3 Å². The molecule has 0 spiro atoms. The average Bonchev–Trinajstić information content (AvgIpc) is 2.61. The molecule has 24 heavy (non-hydrogen) atoms. The first-order chi connectivity index (χ1) is 11.7. The van der Waals surface area contributed by atoms with Crippen LogP contribution in [0.1, 0.15) is 22.8 Å². The van der Waals surface area contributed by atoms with Gasteiger partial charge in [-0.3, -0.25) is 4.79 Å². The van der Waals surface area contributed by atoms with Crippen molar-refractivity contribution >= 4 is 16.9 Å². The van der Waals surface area contributed by atoms with Crippen molar-refractivity contribution < 1.29 is 14.3 Å². The second kappa shape index (κ2) is 7.00. The number of carbonyl (C=O) groups is 1. The lowest BCUT2D eigenvalue weighted by Gasteiger charge is -2.10. The van der Waals surface area contributed by atoms with Crippen molar-refractivity contribution in [3.63, 3.8) is 0 Å². The molecule has 2 aromatic carbocycles. The van der Waals surface area contributed by atoms with Crippen LogP contribution >= 0.6 is 0 Å². The van der Waals surface area contributed by atoms with E-state index in [1.807, 2.05) is 30.3 Å². The number of carbonyl (C=O) groups excluding carboxylic acids is 1. The van der Waals surface area contributed by atoms with Crippen LogP contribution in [0.4, 0.5) is 0 Å². The lowest BCUT2D eigenvalue weighted by molar-refractivity contribution is 0.0524. The van der Waals surface area contributed by atoms with Crippen LogP contribution in [0.15, 0.2) is 59.5 Å². The first-order valence-electron chi connectivity index (χ1n) is 7.69. The summed E-state index contributed by atoms with van der Waals surface area (Å²) in [6.07, 6.45) is 1.37. The number of hydrogen-bond donors (Lipinski definition) is 1. The van der Waals surface area contributed by atoms with Crippen molar-refractivity contribution in [2.45, 2.75) is 13.5 Å². The molecule has 0 bridgehead atoms. The molecule has 122 valence electrons. The third-order valence-electron chi connectivity index (χ3n) is 3.61. The number of aromatic nitrogens is 1. The summed E-state index contributed by atoms with van der Waals surface area (Å²) < 4.78 is 10.7. The second-order valence-electron chi connectivity index (χ2n) is 5.20. The fraction of sp³-hybridized carbons (Fsp3) is 0.158. The summed E-state index contributed by atoms with van der Waals surface area (Å²) in [6, 6.07) is 14.9. The monoisotopic (exact) mass is 323 g/mol. The first kappa shape index (κ1) is 15.8. The van der Waals surface area contributed by atoms with E-state index < -0.39 is 5.97 Å². The summed E-state index contributed by atoms with van der Waals surface area (Å²) in [7, 11) is 0. The standard InChI is InChI=1S/C19H17NO4/c1-2-23-19(22)15-11-20-17-14(18(15)21)9-6-10-16(17)24-12-13-7-4-3-5-8-13/h3-11H,2,12H2,1H3,(H,20,21). The number of benzene rings is 2. The molecule has 0 aliphatic rings. The molecule has 0 unspecified atom stereocenters. The van der Waals surface area contributed by atoms with Crippen LogP contribution in [0.2, 0.25) is 0 Å². The Bertz CT molecular complexity index is 916. The van der Waals surface area contributed by atoms with Crippen molar-refractivity contribution in [2.75, 3.05) is 6.61 Å². The van der Waals surface area contributed by atoms with Crippen LogP contribution in [0.5, 0.6) is 5.75 Å². The third-order valence-corrected chi connectivity index (χ3v) is 3.61. The van der Waals surface area contributed by atoms with Gasteiger partial charge in [-0.15, -0.1) is 0 Å². The molecule has 5 nitrogen and oxygen atoms in total. The van der Waals surface area contributed by atoms with Crippen molar-refractivity contribution in [1.29, 1.82) is 0 Å². The van der Waals surface area contributed by atoms with Crippen molar-refractivity contribution in [3.05, 3.63) is 76.1 Å². The van der Waals surface area contributed by atoms with E-state index in [2.05, 4.69) is 4.98 Å². The van der Waals surface area contributed by atoms with Gasteiger partial charge in [0, 0.05) is 6.20 Å². The summed E-state index contributed by atoms with van der Waals surface area (Å²) in [4.78, 5) is 27.3. The van der Waals surface area contributed by atoms with Crippen LogP contribution in [-0.2, 0) is 11.3 Å². The highest BCUT2D eigenvalue weighted by molar-refractivity contribution is 5.94. The minimum absolute atomic E-state index is 0.00967. The normalized spacial score (nSPS) is 10.5. The highest BCUT2D eigenvalue weighted by Gasteiger charge is 2.15. The zero-order valence-corrected chi connectivity index (χ0v) is 13.2. The topological polar surface area (TPSA) is 68.4 Å². The SMILES string of the molecule is CCOC(=O)c1c[nH]c2c(OCc3ccccc3)cccc2c1=O. The van der Waals surface area contributed by atoms with Gasteiger partial charge < -0.3 is 14.5 Å². The summed E-state index contributed by atoms with van der Waals surface area (Å²) in [5, 5.41) is 0.395. The van der Waals surface area contributed by atoms with Gasteiger partial charge >= 0.3 is 5.97 Å². The van der Waals surface area contributed by atoms with Gasteiger partial charge in [-0.25, -0.2) is 4.79 Å². The summed E-state index contributed by atoms with van der Waals surface area (Å²) in [5.41, 5.74) is 1.21. The highest BCUT2D eigenvalue weighted by atomic mass is 16.5. The van der Waals surface area contributed by atoms with E-state index in [-0.39, 0.29) is 17.6 Å². The van der Waals surface area contributed by atoms with Gasteiger partial charge in [0.25, 0.3) is 0 Å². The Kier molecular flexibility index (Phi) is 4.61. The van der Waals surface area contributed by atoms with E-state index in [9.17, 15) is 9.59 Å². The van der Waals surface area contributed by atoms with E-state index in [1.54, 1.807) is 25.1 Å². The zero-order valence-electron chi connectivity index (χ0n) is 13.2. The minimum Gasteiger partial charge on any atom is -0.487 e. The molecule has 1 N–H and O–H groups in total. The molecule has 0 fully saturated rings. The number of rotatable bonds is 5.